The minimum absolute atomic E-state index is 0.248. The molecule has 1 aliphatic heterocycles. The highest BCUT2D eigenvalue weighted by molar-refractivity contribution is 5.76. The lowest BCUT2D eigenvalue weighted by Crippen LogP contribution is -2.23. The first kappa shape index (κ1) is 12.5. The van der Waals surface area contributed by atoms with Gasteiger partial charge in [-0.2, -0.15) is 0 Å². The zero-order chi connectivity index (χ0) is 13.2. The predicted molar refractivity (Wildman–Crippen MR) is 71.0 cm³/mol. The molecule has 0 spiro atoms. The quantitative estimate of drug-likeness (QED) is 0.823. The molecule has 1 aromatic carbocycles. The van der Waals surface area contributed by atoms with E-state index in [2.05, 4.69) is 18.3 Å². The van der Waals surface area contributed by atoms with Gasteiger partial charge < -0.3 is 14.8 Å². The van der Waals surface area contributed by atoms with Crippen LogP contribution in [0.3, 0.4) is 0 Å². The van der Waals surface area contributed by atoms with E-state index in [-0.39, 0.29) is 5.97 Å². The van der Waals surface area contributed by atoms with Crippen LogP contribution < -0.4 is 10.1 Å². The molecule has 0 bridgehead atoms. The standard InChI is InChI=1S/C15H19NO3/c1-10-2-5-13(19-14-6-7-18-15(14)17)11(8-10)9-16-12-3-4-12/h2,5,8,12,14,16H,3-4,6-7,9H2,1H3. The molecule has 1 atom stereocenters. The Morgan fingerprint density at radius 2 is 2.21 bits per heavy atom. The molecular formula is C15H19NO3. The van der Waals surface area contributed by atoms with Gasteiger partial charge in [0.2, 0.25) is 0 Å². The van der Waals surface area contributed by atoms with Gasteiger partial charge >= 0.3 is 5.97 Å². The van der Waals surface area contributed by atoms with E-state index in [0.29, 0.717) is 19.1 Å². The topological polar surface area (TPSA) is 47.6 Å². The minimum Gasteiger partial charge on any atom is -0.478 e. The number of benzene rings is 1. The van der Waals surface area contributed by atoms with Crippen molar-refractivity contribution in [3.63, 3.8) is 0 Å². The van der Waals surface area contributed by atoms with Crippen molar-refractivity contribution in [2.24, 2.45) is 0 Å². The van der Waals surface area contributed by atoms with Crippen LogP contribution in [0.4, 0.5) is 0 Å². The van der Waals surface area contributed by atoms with Crippen LogP contribution in [0.15, 0.2) is 18.2 Å². The van der Waals surface area contributed by atoms with Crippen LogP contribution in [-0.2, 0) is 16.1 Å². The Hall–Kier alpha value is -1.55. The van der Waals surface area contributed by atoms with Crippen molar-refractivity contribution in [2.45, 2.75) is 44.9 Å². The molecule has 1 saturated heterocycles. The fraction of sp³-hybridized carbons (Fsp3) is 0.533. The van der Waals surface area contributed by atoms with E-state index in [1.165, 1.54) is 18.4 Å². The van der Waals surface area contributed by atoms with Gasteiger partial charge in [-0.1, -0.05) is 17.7 Å². The van der Waals surface area contributed by atoms with Crippen LogP contribution >= 0.6 is 0 Å². The molecule has 19 heavy (non-hydrogen) atoms. The lowest BCUT2D eigenvalue weighted by molar-refractivity contribution is -0.143. The van der Waals surface area contributed by atoms with Gasteiger partial charge in [0.15, 0.2) is 6.10 Å². The van der Waals surface area contributed by atoms with Crippen molar-refractivity contribution in [2.75, 3.05) is 6.61 Å². The maximum absolute atomic E-state index is 11.5. The van der Waals surface area contributed by atoms with E-state index in [9.17, 15) is 4.79 Å². The van der Waals surface area contributed by atoms with Gasteiger partial charge in [-0.25, -0.2) is 4.79 Å². The van der Waals surface area contributed by atoms with Crippen molar-refractivity contribution >= 4 is 5.97 Å². The fourth-order valence-corrected chi connectivity index (χ4v) is 2.24. The monoisotopic (exact) mass is 261 g/mol. The predicted octanol–water partition coefficient (Wildman–Crippen LogP) is 1.94. The van der Waals surface area contributed by atoms with Gasteiger partial charge in [-0.05, 0) is 25.8 Å². The van der Waals surface area contributed by atoms with E-state index in [0.717, 1.165) is 17.9 Å². The second-order valence-corrected chi connectivity index (χ2v) is 5.33. The van der Waals surface area contributed by atoms with E-state index in [1.54, 1.807) is 0 Å². The summed E-state index contributed by atoms with van der Waals surface area (Å²) in [5.41, 5.74) is 2.32. The molecule has 1 aromatic rings. The molecule has 4 heteroatoms. The second-order valence-electron chi connectivity index (χ2n) is 5.33. The first-order valence-electron chi connectivity index (χ1n) is 6.88. The molecule has 2 aliphatic rings. The summed E-state index contributed by atoms with van der Waals surface area (Å²) in [6, 6.07) is 6.73. The second kappa shape index (κ2) is 5.21. The summed E-state index contributed by atoms with van der Waals surface area (Å²) < 4.78 is 10.7. The molecule has 0 aromatic heterocycles. The maximum atomic E-state index is 11.5. The lowest BCUT2D eigenvalue weighted by atomic mass is 10.1. The Labute approximate surface area is 113 Å². The number of carbonyl (C=O) groups excluding carboxylic acids is 1. The summed E-state index contributed by atoms with van der Waals surface area (Å²) in [4.78, 5) is 11.5. The lowest BCUT2D eigenvalue weighted by Gasteiger charge is -2.15. The van der Waals surface area contributed by atoms with Gasteiger partial charge in [0.1, 0.15) is 5.75 Å². The van der Waals surface area contributed by atoms with E-state index in [4.69, 9.17) is 9.47 Å². The summed E-state index contributed by atoms with van der Waals surface area (Å²) in [5.74, 6) is 0.546. The molecule has 102 valence electrons. The largest absolute Gasteiger partial charge is 0.478 e. The third kappa shape index (κ3) is 3.07. The molecule has 2 fully saturated rings. The highest BCUT2D eigenvalue weighted by Crippen LogP contribution is 2.26. The molecule has 1 N–H and O–H groups in total. The summed E-state index contributed by atoms with van der Waals surface area (Å²) in [6.07, 6.45) is 2.72. The van der Waals surface area contributed by atoms with Crippen LogP contribution in [0, 0.1) is 6.92 Å². The van der Waals surface area contributed by atoms with Gasteiger partial charge in [-0.15, -0.1) is 0 Å². The van der Waals surface area contributed by atoms with Crippen LogP contribution in [0.1, 0.15) is 30.4 Å². The average Bonchev–Trinajstić information content (AvgIpc) is 3.14. The number of hydrogen-bond donors (Lipinski definition) is 1. The fourth-order valence-electron chi connectivity index (χ4n) is 2.24. The number of esters is 1. The van der Waals surface area contributed by atoms with Gasteiger partial charge in [0.25, 0.3) is 0 Å². The van der Waals surface area contributed by atoms with E-state index < -0.39 is 6.10 Å². The zero-order valence-electron chi connectivity index (χ0n) is 11.1. The number of carbonyl (C=O) groups is 1. The molecule has 1 heterocycles. The van der Waals surface area contributed by atoms with Crippen molar-refractivity contribution < 1.29 is 14.3 Å². The number of aryl methyl sites for hydroxylation is 1. The summed E-state index contributed by atoms with van der Waals surface area (Å²) in [7, 11) is 0. The van der Waals surface area contributed by atoms with Crippen molar-refractivity contribution in [1.29, 1.82) is 0 Å². The molecule has 1 unspecified atom stereocenters. The van der Waals surface area contributed by atoms with Crippen LogP contribution in [0.25, 0.3) is 0 Å². The average molecular weight is 261 g/mol. The van der Waals surface area contributed by atoms with Crippen molar-refractivity contribution in [1.82, 2.24) is 5.32 Å². The van der Waals surface area contributed by atoms with E-state index >= 15 is 0 Å². The normalized spacial score (nSPS) is 22.4. The third-order valence-corrected chi connectivity index (χ3v) is 3.53. The van der Waals surface area contributed by atoms with Crippen molar-refractivity contribution in [3.8, 4) is 5.75 Å². The van der Waals surface area contributed by atoms with Gasteiger partial charge in [-0.3, -0.25) is 0 Å². The maximum Gasteiger partial charge on any atom is 0.347 e. The Kier molecular flexibility index (Phi) is 3.42. The Bertz CT molecular complexity index is 482. The van der Waals surface area contributed by atoms with Crippen LogP contribution in [0.2, 0.25) is 0 Å². The number of hydrogen-bond acceptors (Lipinski definition) is 4. The Balaban J connectivity index is 1.72. The molecule has 0 amide bonds. The highest BCUT2D eigenvalue weighted by atomic mass is 16.6. The molecule has 4 nitrogen and oxygen atoms in total. The summed E-state index contributed by atoms with van der Waals surface area (Å²) in [6.45, 7) is 3.32. The first-order valence-corrected chi connectivity index (χ1v) is 6.88. The highest BCUT2D eigenvalue weighted by Gasteiger charge is 2.29. The minimum atomic E-state index is -0.442. The number of ether oxygens (including phenoxy) is 2. The zero-order valence-corrected chi connectivity index (χ0v) is 11.1. The SMILES string of the molecule is Cc1ccc(OC2CCOC2=O)c(CNC2CC2)c1. The Morgan fingerprint density at radius 1 is 1.37 bits per heavy atom. The molecule has 0 radical (unpaired) electrons. The Morgan fingerprint density at radius 3 is 2.89 bits per heavy atom. The molecule has 1 aliphatic carbocycles. The summed E-state index contributed by atoms with van der Waals surface area (Å²) >= 11 is 0. The number of nitrogens with one attached hydrogen (secondary N) is 1. The molecule has 3 rings (SSSR count). The van der Waals surface area contributed by atoms with Gasteiger partial charge in [0, 0.05) is 24.6 Å². The number of rotatable bonds is 5. The van der Waals surface area contributed by atoms with Crippen LogP contribution in [-0.4, -0.2) is 24.7 Å². The van der Waals surface area contributed by atoms with E-state index in [1.807, 2.05) is 12.1 Å². The smallest absolute Gasteiger partial charge is 0.347 e. The number of cyclic esters (lactones) is 1. The summed E-state index contributed by atoms with van der Waals surface area (Å²) in [5, 5.41) is 3.48. The molecule has 1 saturated carbocycles. The van der Waals surface area contributed by atoms with Crippen LogP contribution in [0.5, 0.6) is 5.75 Å². The van der Waals surface area contributed by atoms with Gasteiger partial charge in [0.05, 0.1) is 6.61 Å². The third-order valence-electron chi connectivity index (χ3n) is 3.53. The first-order chi connectivity index (χ1) is 9.22. The molecular weight excluding hydrogens is 242 g/mol. The van der Waals surface area contributed by atoms with Crippen molar-refractivity contribution in [3.05, 3.63) is 29.3 Å².